The van der Waals surface area contributed by atoms with Gasteiger partial charge in [-0.3, -0.25) is 10.3 Å². The molecule has 5 atom stereocenters. The van der Waals surface area contributed by atoms with Crippen molar-refractivity contribution in [3.63, 3.8) is 0 Å². The maximum Gasteiger partial charge on any atom is 0.126 e. The van der Waals surface area contributed by atoms with E-state index in [0.29, 0.717) is 5.92 Å². The summed E-state index contributed by atoms with van der Waals surface area (Å²) in [7, 11) is 0. The molecular weight excluding hydrogens is 669 g/mol. The smallest absolute Gasteiger partial charge is 0.126 e. The standard InChI is InChI=1S/C51H44N4/c1-51-30-13-12-25-48(51)52-50(53-49(51)34-15-4-2-5-16-34)37-17-14-20-39(31-37)55-45-24-11-9-22-41(45)43-33-36(27-29-47(43)55)35-26-28-46-42(32-35)40-21-8-10-23-44(40)54(46)38-18-6-3-7-19-38/h3-4,6-23,25-32,36,45,49-50,53H,2,5,24,33H2,1H3. The number of aromatic nitrogens is 1. The molecule has 1 N–H and O–H groups in total. The first-order chi connectivity index (χ1) is 27.1. The van der Waals surface area contributed by atoms with Gasteiger partial charge in [0.2, 0.25) is 0 Å². The minimum absolute atomic E-state index is 0.133. The number of aliphatic imine (C=N–C) groups is 1. The van der Waals surface area contributed by atoms with Crippen LogP contribution in [0, 0.1) is 5.41 Å². The summed E-state index contributed by atoms with van der Waals surface area (Å²) < 4.78 is 2.40. The number of anilines is 1. The van der Waals surface area contributed by atoms with E-state index in [1.54, 1.807) is 0 Å². The van der Waals surface area contributed by atoms with Crippen molar-refractivity contribution in [1.82, 2.24) is 9.88 Å². The first kappa shape index (κ1) is 32.5. The molecule has 3 heterocycles. The highest BCUT2D eigenvalue weighted by atomic mass is 15.2. The Morgan fingerprint density at radius 1 is 0.745 bits per heavy atom. The summed E-state index contributed by atoms with van der Waals surface area (Å²) in [5.41, 5.74) is 14.1. The van der Waals surface area contributed by atoms with Crippen molar-refractivity contribution in [3.8, 4) is 5.69 Å². The molecule has 0 saturated carbocycles. The third-order valence-electron chi connectivity index (χ3n) is 12.8. The summed E-state index contributed by atoms with van der Waals surface area (Å²) in [6.07, 6.45) is 31.8. The molecule has 6 aliphatic rings. The predicted octanol–water partition coefficient (Wildman–Crippen LogP) is 11.7. The molecular formula is C51H44N4. The second-order valence-electron chi connectivity index (χ2n) is 16.0. The molecule has 1 aromatic heterocycles. The van der Waals surface area contributed by atoms with Crippen LogP contribution in [0.4, 0.5) is 5.69 Å². The summed E-state index contributed by atoms with van der Waals surface area (Å²) in [6.45, 7) is 2.33. The van der Waals surface area contributed by atoms with Crippen LogP contribution >= 0.6 is 0 Å². The molecule has 268 valence electrons. The maximum atomic E-state index is 5.37. The first-order valence-corrected chi connectivity index (χ1v) is 20.0. The number of nitrogens with one attached hydrogen (secondary N) is 1. The quantitative estimate of drug-likeness (QED) is 0.197. The topological polar surface area (TPSA) is 32.6 Å². The van der Waals surface area contributed by atoms with Crippen LogP contribution in [0.5, 0.6) is 0 Å². The second kappa shape index (κ2) is 12.8. The molecule has 0 saturated heterocycles. The largest absolute Gasteiger partial charge is 0.333 e. The van der Waals surface area contributed by atoms with Crippen molar-refractivity contribution in [2.45, 2.75) is 56.8 Å². The summed E-state index contributed by atoms with van der Waals surface area (Å²) in [4.78, 5) is 7.97. The summed E-state index contributed by atoms with van der Waals surface area (Å²) in [5, 5.41) is 6.62. The maximum absolute atomic E-state index is 5.37. The Morgan fingerprint density at radius 2 is 1.62 bits per heavy atom. The van der Waals surface area contributed by atoms with Crippen molar-refractivity contribution in [2.24, 2.45) is 10.4 Å². The Morgan fingerprint density at radius 3 is 2.53 bits per heavy atom. The molecule has 4 aromatic carbocycles. The van der Waals surface area contributed by atoms with E-state index in [2.05, 4.69) is 192 Å². The lowest BCUT2D eigenvalue weighted by molar-refractivity contribution is 0.348. The lowest BCUT2D eigenvalue weighted by Crippen LogP contribution is -2.53. The zero-order valence-corrected chi connectivity index (χ0v) is 31.1. The number of rotatable bonds is 5. The van der Waals surface area contributed by atoms with Gasteiger partial charge in [-0.05, 0) is 115 Å². The molecule has 4 heteroatoms. The van der Waals surface area contributed by atoms with Crippen molar-refractivity contribution in [1.29, 1.82) is 0 Å². The number of nitrogens with zero attached hydrogens (tertiary/aromatic N) is 3. The molecule has 5 unspecified atom stereocenters. The molecule has 4 nitrogen and oxygen atoms in total. The molecule has 0 radical (unpaired) electrons. The molecule has 0 spiro atoms. The van der Waals surface area contributed by atoms with Gasteiger partial charge >= 0.3 is 0 Å². The lowest BCUT2D eigenvalue weighted by atomic mass is 9.70. The third kappa shape index (κ3) is 5.19. The lowest BCUT2D eigenvalue weighted by Gasteiger charge is -2.44. The van der Waals surface area contributed by atoms with Gasteiger partial charge in [-0.15, -0.1) is 0 Å². The van der Waals surface area contributed by atoms with Gasteiger partial charge in [-0.1, -0.05) is 115 Å². The molecule has 0 amide bonds. The van der Waals surface area contributed by atoms with Crippen LogP contribution in [0.3, 0.4) is 0 Å². The van der Waals surface area contributed by atoms with Gasteiger partial charge in [0, 0.05) is 50.9 Å². The average Bonchev–Trinajstić information content (AvgIpc) is 3.76. The molecule has 0 fully saturated rings. The van der Waals surface area contributed by atoms with E-state index in [1.807, 2.05) is 0 Å². The average molecular weight is 713 g/mol. The highest BCUT2D eigenvalue weighted by Crippen LogP contribution is 2.49. The van der Waals surface area contributed by atoms with E-state index in [1.165, 1.54) is 66.7 Å². The minimum atomic E-state index is -0.188. The SMILES string of the molecule is CC12C=CC=CC1=NC(c1cccc(N3C4=C(CC(c5ccc6c(c5)c5ccccc5n6-c5ccccc5)C=C4)C4=CC=CCC43)c1)NC2C1=CCCC=C1. The Labute approximate surface area is 323 Å². The van der Waals surface area contributed by atoms with Crippen LogP contribution in [0.15, 0.2) is 197 Å². The van der Waals surface area contributed by atoms with Crippen LogP contribution in [0.1, 0.15) is 55.8 Å². The van der Waals surface area contributed by atoms with Gasteiger partial charge in [0.1, 0.15) is 6.17 Å². The number of benzene rings is 4. The monoisotopic (exact) mass is 712 g/mol. The molecule has 5 aromatic rings. The van der Waals surface area contributed by atoms with E-state index in [9.17, 15) is 0 Å². The van der Waals surface area contributed by atoms with Crippen LogP contribution < -0.4 is 10.2 Å². The van der Waals surface area contributed by atoms with E-state index >= 15 is 0 Å². The van der Waals surface area contributed by atoms with Crippen molar-refractivity contribution < 1.29 is 0 Å². The molecule has 11 rings (SSSR count). The number of allylic oxidation sites excluding steroid dienone is 9. The van der Waals surface area contributed by atoms with Gasteiger partial charge in [0.15, 0.2) is 0 Å². The fourth-order valence-corrected chi connectivity index (χ4v) is 10.1. The third-order valence-corrected chi connectivity index (χ3v) is 12.8. The second-order valence-corrected chi connectivity index (χ2v) is 16.0. The van der Waals surface area contributed by atoms with E-state index in [0.717, 1.165) is 31.4 Å². The summed E-state index contributed by atoms with van der Waals surface area (Å²) in [6, 6.07) is 36.3. The summed E-state index contributed by atoms with van der Waals surface area (Å²) in [5.74, 6) is 0.301. The highest BCUT2D eigenvalue weighted by molar-refractivity contribution is 6.09. The first-order valence-electron chi connectivity index (χ1n) is 20.0. The predicted molar refractivity (Wildman–Crippen MR) is 229 cm³/mol. The number of hydrogen-bond donors (Lipinski definition) is 1. The molecule has 55 heavy (non-hydrogen) atoms. The fraction of sp³-hybridized carbons (Fsp3) is 0.196. The fourth-order valence-electron chi connectivity index (χ4n) is 10.1. The van der Waals surface area contributed by atoms with Gasteiger partial charge in [0.05, 0.1) is 17.1 Å². The number of para-hydroxylation sites is 2. The van der Waals surface area contributed by atoms with Crippen molar-refractivity contribution in [2.75, 3.05) is 4.90 Å². The molecule has 0 bridgehead atoms. The Kier molecular flexibility index (Phi) is 7.57. The minimum Gasteiger partial charge on any atom is -0.333 e. The zero-order valence-electron chi connectivity index (χ0n) is 31.1. The van der Waals surface area contributed by atoms with Crippen LogP contribution in [0.25, 0.3) is 27.5 Å². The van der Waals surface area contributed by atoms with Crippen LogP contribution in [-0.4, -0.2) is 22.4 Å². The van der Waals surface area contributed by atoms with E-state index in [4.69, 9.17) is 4.99 Å². The normalized spacial score (nSPS) is 26.6. The van der Waals surface area contributed by atoms with Crippen LogP contribution in [0.2, 0.25) is 0 Å². The van der Waals surface area contributed by atoms with Gasteiger partial charge in [-0.25, -0.2) is 0 Å². The van der Waals surface area contributed by atoms with Crippen molar-refractivity contribution in [3.05, 3.63) is 204 Å². The number of hydrogen-bond acceptors (Lipinski definition) is 3. The Bertz CT molecular complexity index is 2670. The Hall–Kier alpha value is -5.97. The molecule has 4 aliphatic carbocycles. The van der Waals surface area contributed by atoms with Gasteiger partial charge in [0.25, 0.3) is 0 Å². The van der Waals surface area contributed by atoms with Gasteiger partial charge in [-0.2, -0.15) is 0 Å². The molecule has 2 aliphatic heterocycles. The summed E-state index contributed by atoms with van der Waals surface area (Å²) >= 11 is 0. The Balaban J connectivity index is 0.940. The number of fused-ring (bicyclic) bond motifs is 6. The zero-order chi connectivity index (χ0) is 36.5. The van der Waals surface area contributed by atoms with Crippen LogP contribution in [-0.2, 0) is 0 Å². The van der Waals surface area contributed by atoms with Crippen molar-refractivity contribution >= 4 is 33.2 Å². The van der Waals surface area contributed by atoms with E-state index in [-0.39, 0.29) is 23.7 Å². The van der Waals surface area contributed by atoms with Gasteiger partial charge < -0.3 is 9.47 Å². The highest BCUT2D eigenvalue weighted by Gasteiger charge is 2.44. The van der Waals surface area contributed by atoms with E-state index < -0.39 is 0 Å².